The van der Waals surface area contributed by atoms with E-state index in [4.69, 9.17) is 16.0 Å². The number of rotatable bonds is 5. The lowest BCUT2D eigenvalue weighted by atomic mass is 9.93. The van der Waals surface area contributed by atoms with E-state index in [0.29, 0.717) is 30.2 Å². The second kappa shape index (κ2) is 6.73. The minimum Gasteiger partial charge on any atom is -0.464 e. The molecule has 1 fully saturated rings. The van der Waals surface area contributed by atoms with E-state index in [2.05, 4.69) is 10.3 Å². The number of carbonyl (C=O) groups excluding carboxylic acids is 2. The fraction of sp³-hybridized carbons (Fsp3) is 0.571. The van der Waals surface area contributed by atoms with Gasteiger partial charge in [0.1, 0.15) is 11.5 Å². The summed E-state index contributed by atoms with van der Waals surface area (Å²) in [7, 11) is 0. The molecule has 0 aliphatic carbocycles. The number of piperidine rings is 1. The zero-order valence-electron chi connectivity index (χ0n) is 12.2. The number of nitrogens with two attached hydrogens (primary N) is 2. The number of nitrogens with zero attached hydrogens (tertiary/aromatic N) is 1. The van der Waals surface area contributed by atoms with Crippen LogP contribution < -0.4 is 17.0 Å². The first-order valence-electron chi connectivity index (χ1n) is 7.10. The van der Waals surface area contributed by atoms with E-state index in [0.717, 1.165) is 31.7 Å². The summed E-state index contributed by atoms with van der Waals surface area (Å²) in [5.74, 6) is 6.26. The summed E-state index contributed by atoms with van der Waals surface area (Å²) in [4.78, 5) is 24.7. The predicted octanol–water partition coefficient (Wildman–Crippen LogP) is 0.279. The van der Waals surface area contributed by atoms with Crippen molar-refractivity contribution in [2.75, 3.05) is 13.1 Å². The number of hydrazine groups is 1. The number of hydrogen-bond donors (Lipinski definition) is 3. The van der Waals surface area contributed by atoms with Crippen LogP contribution in [0.5, 0.6) is 0 Å². The fourth-order valence-corrected chi connectivity index (χ4v) is 2.78. The maximum Gasteiger partial charge on any atom is 0.268 e. The summed E-state index contributed by atoms with van der Waals surface area (Å²) in [5, 5.41) is 0. The minimum atomic E-state index is -0.345. The zero-order chi connectivity index (χ0) is 15.4. The van der Waals surface area contributed by atoms with Gasteiger partial charge in [-0.1, -0.05) is 0 Å². The molecule has 7 nitrogen and oxygen atoms in total. The van der Waals surface area contributed by atoms with Crippen molar-refractivity contribution in [1.82, 2.24) is 10.3 Å². The monoisotopic (exact) mass is 294 g/mol. The van der Waals surface area contributed by atoms with Crippen molar-refractivity contribution in [3.8, 4) is 0 Å². The number of primary amides is 1. The van der Waals surface area contributed by atoms with Crippen LogP contribution in [-0.2, 0) is 11.3 Å². The van der Waals surface area contributed by atoms with E-state index >= 15 is 0 Å². The topological polar surface area (TPSA) is 115 Å². The molecule has 1 aliphatic rings. The van der Waals surface area contributed by atoms with Crippen LogP contribution in [-0.4, -0.2) is 29.8 Å². The molecule has 0 saturated carbocycles. The number of nitrogens with one attached hydrogen (secondary N) is 1. The molecule has 2 rings (SSSR count). The molecule has 5 N–H and O–H groups in total. The molecule has 1 aliphatic heterocycles. The average molecular weight is 294 g/mol. The summed E-state index contributed by atoms with van der Waals surface area (Å²) >= 11 is 0. The third kappa shape index (κ3) is 4.05. The molecule has 1 aromatic rings. The van der Waals surface area contributed by atoms with Crippen LogP contribution in [0.1, 0.15) is 41.1 Å². The van der Waals surface area contributed by atoms with E-state index in [-0.39, 0.29) is 11.8 Å². The van der Waals surface area contributed by atoms with Gasteiger partial charge in [0.05, 0.1) is 12.1 Å². The number of carbonyl (C=O) groups is 2. The molecule has 0 atom stereocenters. The van der Waals surface area contributed by atoms with Gasteiger partial charge in [-0.15, -0.1) is 0 Å². The largest absolute Gasteiger partial charge is 0.464 e. The third-order valence-corrected chi connectivity index (χ3v) is 3.92. The predicted molar refractivity (Wildman–Crippen MR) is 76.9 cm³/mol. The second-order valence-corrected chi connectivity index (χ2v) is 5.55. The van der Waals surface area contributed by atoms with E-state index in [1.807, 2.05) is 0 Å². The Balaban J connectivity index is 1.89. The number of nitrogen functional groups attached to an aromatic ring is 1. The van der Waals surface area contributed by atoms with Crippen molar-refractivity contribution in [2.45, 2.75) is 32.7 Å². The number of likely N-dealkylation sites (tertiary alicyclic amines) is 1. The first kappa shape index (κ1) is 15.5. The van der Waals surface area contributed by atoms with Crippen molar-refractivity contribution >= 4 is 11.8 Å². The van der Waals surface area contributed by atoms with Crippen molar-refractivity contribution < 1.29 is 14.0 Å². The lowest BCUT2D eigenvalue weighted by molar-refractivity contribution is -0.119. The van der Waals surface area contributed by atoms with Crippen molar-refractivity contribution in [2.24, 2.45) is 17.5 Å². The molecule has 0 spiro atoms. The number of amides is 2. The normalized spacial score (nSPS) is 16.9. The Morgan fingerprint density at radius 1 is 1.43 bits per heavy atom. The highest BCUT2D eigenvalue weighted by Crippen LogP contribution is 2.23. The van der Waals surface area contributed by atoms with Gasteiger partial charge in [0.15, 0.2) is 0 Å². The van der Waals surface area contributed by atoms with Crippen LogP contribution in [0.25, 0.3) is 0 Å². The SMILES string of the molecule is Cc1oc(CN2CCC(CC(N)=O)CC2)cc1C(=O)NN. The van der Waals surface area contributed by atoms with Crippen LogP contribution in [0.2, 0.25) is 0 Å². The van der Waals surface area contributed by atoms with Gasteiger partial charge in [-0.2, -0.15) is 0 Å². The highest BCUT2D eigenvalue weighted by Gasteiger charge is 2.22. The Morgan fingerprint density at radius 3 is 2.67 bits per heavy atom. The van der Waals surface area contributed by atoms with Crippen LogP contribution in [0.3, 0.4) is 0 Å². The smallest absolute Gasteiger partial charge is 0.268 e. The van der Waals surface area contributed by atoms with Crippen molar-refractivity contribution in [3.63, 3.8) is 0 Å². The standard InChI is InChI=1S/C14H22N4O3/c1-9-12(14(20)17-16)7-11(21-9)8-18-4-2-10(3-5-18)6-13(15)19/h7,10H,2-6,8,16H2,1H3,(H2,15,19)(H,17,20). The molecule has 0 unspecified atom stereocenters. The fourth-order valence-electron chi connectivity index (χ4n) is 2.78. The summed E-state index contributed by atoms with van der Waals surface area (Å²) in [6, 6.07) is 1.73. The highest BCUT2D eigenvalue weighted by molar-refractivity contribution is 5.94. The molecule has 2 heterocycles. The molecular formula is C14H22N4O3. The maximum absolute atomic E-state index is 11.5. The molecule has 116 valence electrons. The van der Waals surface area contributed by atoms with E-state index in [1.54, 1.807) is 13.0 Å². The van der Waals surface area contributed by atoms with Crippen molar-refractivity contribution in [1.29, 1.82) is 0 Å². The molecule has 21 heavy (non-hydrogen) atoms. The van der Waals surface area contributed by atoms with E-state index < -0.39 is 0 Å². The first-order chi connectivity index (χ1) is 9.99. The maximum atomic E-state index is 11.5. The van der Waals surface area contributed by atoms with Gasteiger partial charge in [-0.05, 0) is 44.8 Å². The Bertz CT molecular complexity index is 518. The Labute approximate surface area is 123 Å². The number of furan rings is 1. The minimum absolute atomic E-state index is 0.229. The quantitative estimate of drug-likeness (QED) is 0.410. The first-order valence-corrected chi connectivity index (χ1v) is 7.10. The van der Waals surface area contributed by atoms with Crippen LogP contribution in [0, 0.1) is 12.8 Å². The summed E-state index contributed by atoms with van der Waals surface area (Å²) < 4.78 is 5.60. The van der Waals surface area contributed by atoms with Crippen molar-refractivity contribution in [3.05, 3.63) is 23.2 Å². The molecule has 0 aromatic carbocycles. The molecule has 1 aromatic heterocycles. The van der Waals surface area contributed by atoms with E-state index in [9.17, 15) is 9.59 Å². The van der Waals surface area contributed by atoms with Gasteiger partial charge in [-0.25, -0.2) is 5.84 Å². The van der Waals surface area contributed by atoms with Crippen LogP contribution in [0.15, 0.2) is 10.5 Å². The second-order valence-electron chi connectivity index (χ2n) is 5.55. The lowest BCUT2D eigenvalue weighted by Gasteiger charge is -2.30. The molecule has 7 heteroatoms. The highest BCUT2D eigenvalue weighted by atomic mass is 16.3. The number of aryl methyl sites for hydroxylation is 1. The van der Waals surface area contributed by atoms with Gasteiger partial charge in [-0.3, -0.25) is 19.9 Å². The Hall–Kier alpha value is -1.86. The Morgan fingerprint density at radius 2 is 2.10 bits per heavy atom. The van der Waals surface area contributed by atoms with Gasteiger partial charge >= 0.3 is 0 Å². The molecule has 0 bridgehead atoms. The van der Waals surface area contributed by atoms with Crippen LogP contribution in [0.4, 0.5) is 0 Å². The summed E-state index contributed by atoms with van der Waals surface area (Å²) in [6.45, 7) is 4.20. The average Bonchev–Trinajstić information content (AvgIpc) is 2.80. The van der Waals surface area contributed by atoms with Gasteiger partial charge in [0.25, 0.3) is 5.91 Å². The molecule has 2 amide bonds. The lowest BCUT2D eigenvalue weighted by Crippen LogP contribution is -2.34. The third-order valence-electron chi connectivity index (χ3n) is 3.92. The zero-order valence-corrected chi connectivity index (χ0v) is 12.2. The van der Waals surface area contributed by atoms with Gasteiger partial charge in [0, 0.05) is 6.42 Å². The summed E-state index contributed by atoms with van der Waals surface area (Å²) in [5.41, 5.74) is 7.80. The van der Waals surface area contributed by atoms with Crippen LogP contribution >= 0.6 is 0 Å². The number of hydrogen-bond acceptors (Lipinski definition) is 5. The summed E-state index contributed by atoms with van der Waals surface area (Å²) in [6.07, 6.45) is 2.38. The van der Waals surface area contributed by atoms with E-state index in [1.165, 1.54) is 0 Å². The van der Waals surface area contributed by atoms with Gasteiger partial charge in [0.2, 0.25) is 5.91 Å². The molecular weight excluding hydrogens is 272 g/mol. The Kier molecular flexibility index (Phi) is 4.98. The molecule has 1 saturated heterocycles. The molecule has 0 radical (unpaired) electrons. The van der Waals surface area contributed by atoms with Gasteiger partial charge < -0.3 is 10.2 Å².